The summed E-state index contributed by atoms with van der Waals surface area (Å²) in [6.07, 6.45) is 5.22. The van der Waals surface area contributed by atoms with E-state index in [4.69, 9.17) is 0 Å². The first-order valence-electron chi connectivity index (χ1n) is 7.30. The van der Waals surface area contributed by atoms with Gasteiger partial charge in [-0.3, -0.25) is 4.79 Å². The third kappa shape index (κ3) is 2.62. The summed E-state index contributed by atoms with van der Waals surface area (Å²) in [5.74, 6) is 1.65. The van der Waals surface area contributed by atoms with Gasteiger partial charge in [-0.2, -0.15) is 0 Å². The molecular formula is C16H19BrFNO. The van der Waals surface area contributed by atoms with E-state index in [-0.39, 0.29) is 17.8 Å². The lowest BCUT2D eigenvalue weighted by Gasteiger charge is -2.28. The monoisotopic (exact) mass is 339 g/mol. The van der Waals surface area contributed by atoms with Gasteiger partial charge in [0.15, 0.2) is 0 Å². The van der Waals surface area contributed by atoms with E-state index < -0.39 is 0 Å². The highest BCUT2D eigenvalue weighted by Crippen LogP contribution is 2.49. The van der Waals surface area contributed by atoms with Crippen molar-refractivity contribution in [1.82, 2.24) is 5.32 Å². The van der Waals surface area contributed by atoms with Crippen molar-refractivity contribution in [3.8, 4) is 0 Å². The predicted molar refractivity (Wildman–Crippen MR) is 80.0 cm³/mol. The van der Waals surface area contributed by atoms with Gasteiger partial charge in [0.05, 0.1) is 5.56 Å². The zero-order chi connectivity index (χ0) is 14.3. The van der Waals surface area contributed by atoms with Crippen LogP contribution in [0.1, 0.15) is 43.0 Å². The summed E-state index contributed by atoms with van der Waals surface area (Å²) >= 11 is 3.31. The lowest BCUT2D eigenvalue weighted by Crippen LogP contribution is -2.40. The summed E-state index contributed by atoms with van der Waals surface area (Å²) < 4.78 is 13.9. The number of amides is 1. The molecule has 0 aromatic heterocycles. The Morgan fingerprint density at radius 1 is 1.40 bits per heavy atom. The number of hydrogen-bond acceptors (Lipinski definition) is 1. The van der Waals surface area contributed by atoms with Gasteiger partial charge >= 0.3 is 0 Å². The molecule has 2 aliphatic rings. The van der Waals surface area contributed by atoms with Crippen LogP contribution in [-0.4, -0.2) is 11.9 Å². The second-order valence-electron chi connectivity index (χ2n) is 6.23. The Labute approximate surface area is 127 Å². The van der Waals surface area contributed by atoms with Gasteiger partial charge < -0.3 is 5.32 Å². The molecule has 1 amide bonds. The molecule has 0 saturated heterocycles. The molecule has 0 aliphatic heterocycles. The number of halogens is 2. The average Bonchev–Trinajstić information content (AvgIpc) is 3.03. The Balaban J connectivity index is 1.68. The van der Waals surface area contributed by atoms with Crippen LogP contribution in [-0.2, 0) is 0 Å². The lowest BCUT2D eigenvalue weighted by molar-refractivity contribution is 0.0914. The molecule has 2 saturated carbocycles. The first-order valence-corrected chi connectivity index (χ1v) is 8.10. The minimum Gasteiger partial charge on any atom is -0.349 e. The van der Waals surface area contributed by atoms with Crippen molar-refractivity contribution in [1.29, 1.82) is 0 Å². The van der Waals surface area contributed by atoms with E-state index in [9.17, 15) is 9.18 Å². The predicted octanol–water partition coefficient (Wildman–Crippen LogP) is 4.14. The van der Waals surface area contributed by atoms with Gasteiger partial charge in [-0.05, 0) is 78.1 Å². The van der Waals surface area contributed by atoms with Gasteiger partial charge in [0.2, 0.25) is 0 Å². The van der Waals surface area contributed by atoms with Crippen molar-refractivity contribution < 1.29 is 9.18 Å². The zero-order valence-electron chi connectivity index (χ0n) is 11.5. The standard InChI is InChI=1S/C16H19BrFNO/c1-9(13-7-10-2-3-11(13)6-10)19-16(20)14-8-12(18)4-5-15(14)17/h4-5,8-11,13H,2-3,6-7H2,1H3,(H,19,20)/t9-,10+,11+,13-/m0/s1. The van der Waals surface area contributed by atoms with Crippen molar-refractivity contribution in [2.24, 2.45) is 17.8 Å². The van der Waals surface area contributed by atoms with Crippen LogP contribution in [0, 0.1) is 23.6 Å². The number of benzene rings is 1. The zero-order valence-corrected chi connectivity index (χ0v) is 13.1. The quantitative estimate of drug-likeness (QED) is 0.880. The first-order chi connectivity index (χ1) is 9.54. The minimum absolute atomic E-state index is 0.160. The summed E-state index contributed by atoms with van der Waals surface area (Å²) in [6.45, 7) is 2.08. The number of nitrogens with one attached hydrogen (secondary N) is 1. The molecule has 2 bridgehead atoms. The summed E-state index contributed by atoms with van der Waals surface area (Å²) in [5.41, 5.74) is 0.375. The fraction of sp³-hybridized carbons (Fsp3) is 0.562. The van der Waals surface area contributed by atoms with Gasteiger partial charge in [0, 0.05) is 10.5 Å². The second-order valence-corrected chi connectivity index (χ2v) is 7.08. The SMILES string of the molecule is C[C@H](NC(=O)c1cc(F)ccc1Br)[C@@H]1C[C@@H]2CC[C@@H]1C2. The molecule has 1 N–H and O–H groups in total. The first kappa shape index (κ1) is 14.1. The molecule has 4 atom stereocenters. The number of carbonyl (C=O) groups is 1. The highest BCUT2D eigenvalue weighted by Gasteiger charge is 2.42. The largest absolute Gasteiger partial charge is 0.349 e. The van der Waals surface area contributed by atoms with E-state index in [1.807, 2.05) is 0 Å². The highest BCUT2D eigenvalue weighted by molar-refractivity contribution is 9.10. The fourth-order valence-electron chi connectivity index (χ4n) is 3.97. The van der Waals surface area contributed by atoms with Gasteiger partial charge in [-0.1, -0.05) is 6.42 Å². The Kier molecular flexibility index (Phi) is 3.85. The Hall–Kier alpha value is -0.900. The van der Waals surface area contributed by atoms with E-state index in [1.54, 1.807) is 6.07 Å². The molecule has 20 heavy (non-hydrogen) atoms. The summed E-state index contributed by atoms with van der Waals surface area (Å²) in [7, 11) is 0. The molecule has 2 fully saturated rings. The molecule has 0 spiro atoms. The van der Waals surface area contributed by atoms with Crippen LogP contribution in [0.15, 0.2) is 22.7 Å². The van der Waals surface area contributed by atoms with E-state index in [0.717, 1.165) is 11.8 Å². The lowest BCUT2D eigenvalue weighted by atomic mass is 9.84. The van der Waals surface area contributed by atoms with Crippen LogP contribution in [0.5, 0.6) is 0 Å². The molecule has 0 heterocycles. The maximum Gasteiger partial charge on any atom is 0.252 e. The molecule has 0 radical (unpaired) electrons. The number of rotatable bonds is 3. The number of carbonyl (C=O) groups excluding carboxylic acids is 1. The van der Waals surface area contributed by atoms with Crippen molar-refractivity contribution in [3.05, 3.63) is 34.1 Å². The molecule has 3 rings (SSSR count). The topological polar surface area (TPSA) is 29.1 Å². The Bertz CT molecular complexity index is 533. The van der Waals surface area contributed by atoms with Crippen LogP contribution in [0.4, 0.5) is 4.39 Å². The molecule has 1 aromatic rings. The van der Waals surface area contributed by atoms with Crippen LogP contribution < -0.4 is 5.32 Å². The molecule has 0 unspecified atom stereocenters. The van der Waals surface area contributed by atoms with Crippen molar-refractivity contribution in [3.63, 3.8) is 0 Å². The molecule has 108 valence electrons. The smallest absolute Gasteiger partial charge is 0.252 e. The van der Waals surface area contributed by atoms with E-state index in [1.165, 1.54) is 37.8 Å². The van der Waals surface area contributed by atoms with Gasteiger partial charge in [0.1, 0.15) is 5.82 Å². The molecular weight excluding hydrogens is 321 g/mol. The van der Waals surface area contributed by atoms with Crippen LogP contribution in [0.3, 0.4) is 0 Å². The maximum atomic E-state index is 13.3. The van der Waals surface area contributed by atoms with E-state index in [0.29, 0.717) is 16.0 Å². The molecule has 1 aromatic carbocycles. The van der Waals surface area contributed by atoms with Crippen LogP contribution in [0.25, 0.3) is 0 Å². The fourth-order valence-corrected chi connectivity index (χ4v) is 4.40. The summed E-state index contributed by atoms with van der Waals surface area (Å²) in [6, 6.07) is 4.37. The van der Waals surface area contributed by atoms with E-state index in [2.05, 4.69) is 28.2 Å². The molecule has 2 nitrogen and oxygen atoms in total. The normalized spacial score (nSPS) is 29.4. The second kappa shape index (κ2) is 5.47. The third-order valence-corrected chi connectivity index (χ3v) is 5.66. The number of fused-ring (bicyclic) bond motifs is 2. The van der Waals surface area contributed by atoms with E-state index >= 15 is 0 Å². The van der Waals surface area contributed by atoms with Crippen molar-refractivity contribution >= 4 is 21.8 Å². The Morgan fingerprint density at radius 3 is 2.85 bits per heavy atom. The van der Waals surface area contributed by atoms with Crippen molar-refractivity contribution in [2.45, 2.75) is 38.6 Å². The summed E-state index contributed by atoms with van der Waals surface area (Å²) in [5, 5.41) is 3.06. The maximum absolute atomic E-state index is 13.3. The molecule has 2 aliphatic carbocycles. The van der Waals surface area contributed by atoms with Gasteiger partial charge in [0.25, 0.3) is 5.91 Å². The third-order valence-electron chi connectivity index (χ3n) is 4.97. The highest BCUT2D eigenvalue weighted by atomic mass is 79.9. The van der Waals surface area contributed by atoms with Crippen LogP contribution in [0.2, 0.25) is 0 Å². The average molecular weight is 340 g/mol. The minimum atomic E-state index is -0.383. The van der Waals surface area contributed by atoms with Crippen molar-refractivity contribution in [2.75, 3.05) is 0 Å². The Morgan fingerprint density at radius 2 is 2.20 bits per heavy atom. The molecule has 4 heteroatoms. The van der Waals surface area contributed by atoms with Crippen LogP contribution >= 0.6 is 15.9 Å². The van der Waals surface area contributed by atoms with Gasteiger partial charge in [-0.15, -0.1) is 0 Å². The number of hydrogen-bond donors (Lipinski definition) is 1. The van der Waals surface area contributed by atoms with Gasteiger partial charge in [-0.25, -0.2) is 4.39 Å². The summed E-state index contributed by atoms with van der Waals surface area (Å²) in [4.78, 5) is 12.3.